The minimum atomic E-state index is -4.45. The molecule has 3 fully saturated rings. The van der Waals surface area contributed by atoms with Crippen LogP contribution in [0.15, 0.2) is 53.4 Å². The molecule has 12 heteroatoms. The molecule has 2 heterocycles. The molecule has 2 aliphatic heterocycles. The Morgan fingerprint density at radius 1 is 1.05 bits per heavy atom. The lowest BCUT2D eigenvalue weighted by Crippen LogP contribution is -2.49. The summed E-state index contributed by atoms with van der Waals surface area (Å²) in [6, 6.07) is 11.2. The lowest BCUT2D eigenvalue weighted by molar-refractivity contribution is -0.137. The minimum Gasteiger partial charge on any atom is -0.347 e. The summed E-state index contributed by atoms with van der Waals surface area (Å²) in [5.74, 6) is -1.10. The Balaban J connectivity index is 1.30. The van der Waals surface area contributed by atoms with E-state index in [4.69, 9.17) is 5.26 Å². The Kier molecular flexibility index (Phi) is 7.15. The number of benzene rings is 2. The first-order valence-electron chi connectivity index (χ1n) is 12.8. The van der Waals surface area contributed by atoms with Crippen LogP contribution in [-0.4, -0.2) is 55.1 Å². The molecule has 0 radical (unpaired) electrons. The van der Waals surface area contributed by atoms with E-state index in [9.17, 15) is 31.2 Å². The van der Waals surface area contributed by atoms with Crippen molar-refractivity contribution < 1.29 is 31.2 Å². The number of alkyl halides is 3. The zero-order valence-corrected chi connectivity index (χ0v) is 21.7. The third-order valence-electron chi connectivity index (χ3n) is 7.55. The Morgan fingerprint density at radius 3 is 2.36 bits per heavy atom. The number of nitriles is 1. The van der Waals surface area contributed by atoms with E-state index in [1.54, 1.807) is 0 Å². The average molecular weight is 561 g/mol. The summed E-state index contributed by atoms with van der Waals surface area (Å²) in [6.07, 6.45) is -1.77. The highest BCUT2D eigenvalue weighted by atomic mass is 32.2. The number of likely N-dealkylation sites (tertiary alicyclic amines) is 1. The van der Waals surface area contributed by atoms with Crippen molar-refractivity contribution in [2.45, 2.75) is 48.8 Å². The Morgan fingerprint density at radius 2 is 1.74 bits per heavy atom. The maximum atomic E-state index is 13.4. The predicted octanol–water partition coefficient (Wildman–Crippen LogP) is 3.72. The molecule has 8 nitrogen and oxygen atoms in total. The lowest BCUT2D eigenvalue weighted by Gasteiger charge is -2.34. The number of sulfonamides is 1. The van der Waals surface area contributed by atoms with Gasteiger partial charge in [0.05, 0.1) is 28.5 Å². The van der Waals surface area contributed by atoms with E-state index in [1.807, 2.05) is 6.07 Å². The van der Waals surface area contributed by atoms with E-state index in [-0.39, 0.29) is 41.3 Å². The molecule has 3 aliphatic rings. The maximum absolute atomic E-state index is 13.4. The van der Waals surface area contributed by atoms with Gasteiger partial charge in [-0.3, -0.25) is 9.59 Å². The van der Waals surface area contributed by atoms with Gasteiger partial charge in [-0.1, -0.05) is 18.2 Å². The molecular formula is C27H27F3N4O4S. The number of nitrogens with one attached hydrogen (secondary N) is 1. The molecule has 2 aromatic carbocycles. The van der Waals surface area contributed by atoms with E-state index in [2.05, 4.69) is 5.32 Å². The fourth-order valence-electron chi connectivity index (χ4n) is 5.13. The number of hydrogen-bond acceptors (Lipinski definition) is 5. The normalized spacial score (nSPS) is 21.2. The third-order valence-corrected chi connectivity index (χ3v) is 9.38. The summed E-state index contributed by atoms with van der Waals surface area (Å²) >= 11 is 0. The molecule has 2 atom stereocenters. The van der Waals surface area contributed by atoms with Gasteiger partial charge in [0, 0.05) is 25.2 Å². The van der Waals surface area contributed by atoms with Crippen LogP contribution in [0.25, 0.3) is 0 Å². The molecule has 39 heavy (non-hydrogen) atoms. The first-order chi connectivity index (χ1) is 18.5. The molecular weight excluding hydrogens is 533 g/mol. The van der Waals surface area contributed by atoms with Crippen LogP contribution in [0.2, 0.25) is 0 Å². The highest BCUT2D eigenvalue weighted by Gasteiger charge is 2.40. The number of carbonyl (C=O) groups excluding carboxylic acids is 2. The molecule has 2 amide bonds. The molecule has 0 bridgehead atoms. The number of hydrogen-bond donors (Lipinski definition) is 1. The Labute approximate surface area is 224 Å². The number of carbonyl (C=O) groups is 2. The summed E-state index contributed by atoms with van der Waals surface area (Å²) < 4.78 is 66.0. The SMILES string of the molecule is N#CC1CN(S(=O)(=O)c2cccc(C(=O)N3CCC[C@@H]3C(=O)N[C@@H](c3ccc(C(F)(F)F)cc3)C3CC3)c2)C1. The van der Waals surface area contributed by atoms with Gasteiger partial charge in [-0.05, 0) is 67.5 Å². The zero-order valence-electron chi connectivity index (χ0n) is 20.9. The summed E-state index contributed by atoms with van der Waals surface area (Å²) in [6.45, 7) is 0.525. The molecule has 0 spiro atoms. The average Bonchev–Trinajstić information content (AvgIpc) is 3.60. The second kappa shape index (κ2) is 10.3. The summed E-state index contributed by atoms with van der Waals surface area (Å²) in [5.41, 5.74) is -0.0465. The molecule has 2 aromatic rings. The second-order valence-corrected chi connectivity index (χ2v) is 12.2. The van der Waals surface area contributed by atoms with Gasteiger partial charge in [0.25, 0.3) is 5.91 Å². The van der Waals surface area contributed by atoms with E-state index in [0.717, 1.165) is 25.0 Å². The largest absolute Gasteiger partial charge is 0.416 e. The van der Waals surface area contributed by atoms with E-state index in [0.29, 0.717) is 24.9 Å². The van der Waals surface area contributed by atoms with Crippen molar-refractivity contribution in [2.24, 2.45) is 11.8 Å². The highest BCUT2D eigenvalue weighted by Crippen LogP contribution is 2.42. The van der Waals surface area contributed by atoms with Gasteiger partial charge in [0.2, 0.25) is 15.9 Å². The molecule has 5 rings (SSSR count). The van der Waals surface area contributed by atoms with Crippen molar-refractivity contribution in [3.63, 3.8) is 0 Å². The molecule has 1 N–H and O–H groups in total. The fourth-order valence-corrected chi connectivity index (χ4v) is 6.71. The van der Waals surface area contributed by atoms with Gasteiger partial charge in [-0.15, -0.1) is 0 Å². The fraction of sp³-hybridized carbons (Fsp3) is 0.444. The quantitative estimate of drug-likeness (QED) is 0.555. The number of rotatable bonds is 7. The smallest absolute Gasteiger partial charge is 0.347 e. The van der Waals surface area contributed by atoms with Crippen LogP contribution < -0.4 is 5.32 Å². The van der Waals surface area contributed by atoms with Gasteiger partial charge in [0.15, 0.2) is 0 Å². The van der Waals surface area contributed by atoms with Gasteiger partial charge >= 0.3 is 6.18 Å². The van der Waals surface area contributed by atoms with Crippen molar-refractivity contribution in [3.05, 3.63) is 65.2 Å². The first-order valence-corrected chi connectivity index (χ1v) is 14.2. The number of nitrogens with zero attached hydrogens (tertiary/aromatic N) is 3. The van der Waals surface area contributed by atoms with E-state index in [1.165, 1.54) is 45.6 Å². The molecule has 0 unspecified atom stereocenters. The summed E-state index contributed by atoms with van der Waals surface area (Å²) in [7, 11) is -3.85. The summed E-state index contributed by atoms with van der Waals surface area (Å²) in [4.78, 5) is 28.1. The monoisotopic (exact) mass is 560 g/mol. The van der Waals surface area contributed by atoms with Crippen LogP contribution in [0, 0.1) is 23.2 Å². The minimum absolute atomic E-state index is 0.0546. The second-order valence-electron chi connectivity index (χ2n) is 10.3. The number of halogens is 3. The van der Waals surface area contributed by atoms with Crippen molar-refractivity contribution in [3.8, 4) is 6.07 Å². The molecule has 1 aliphatic carbocycles. The molecule has 1 saturated carbocycles. The van der Waals surface area contributed by atoms with E-state index >= 15 is 0 Å². The van der Waals surface area contributed by atoms with Crippen LogP contribution in [0.4, 0.5) is 13.2 Å². The van der Waals surface area contributed by atoms with Crippen molar-refractivity contribution in [1.29, 1.82) is 5.26 Å². The third kappa shape index (κ3) is 5.51. The summed E-state index contributed by atoms with van der Waals surface area (Å²) in [5, 5.41) is 11.9. The van der Waals surface area contributed by atoms with Crippen molar-refractivity contribution in [1.82, 2.24) is 14.5 Å². The van der Waals surface area contributed by atoms with Gasteiger partial charge < -0.3 is 10.2 Å². The van der Waals surface area contributed by atoms with Gasteiger partial charge in [-0.2, -0.15) is 22.7 Å². The first kappa shape index (κ1) is 27.1. The lowest BCUT2D eigenvalue weighted by atomic mass is 10.00. The van der Waals surface area contributed by atoms with E-state index < -0.39 is 39.8 Å². The van der Waals surface area contributed by atoms with Crippen LogP contribution >= 0.6 is 0 Å². The zero-order chi connectivity index (χ0) is 27.9. The van der Waals surface area contributed by atoms with Crippen molar-refractivity contribution in [2.75, 3.05) is 19.6 Å². The van der Waals surface area contributed by atoms with Gasteiger partial charge in [-0.25, -0.2) is 8.42 Å². The van der Waals surface area contributed by atoms with Gasteiger partial charge in [0.1, 0.15) is 6.04 Å². The molecule has 2 saturated heterocycles. The van der Waals surface area contributed by atoms with Crippen LogP contribution in [0.5, 0.6) is 0 Å². The van der Waals surface area contributed by atoms with Crippen LogP contribution in [0.3, 0.4) is 0 Å². The Hall–Kier alpha value is -3.43. The van der Waals surface area contributed by atoms with Crippen LogP contribution in [0.1, 0.15) is 53.2 Å². The Bertz CT molecular complexity index is 1410. The predicted molar refractivity (Wildman–Crippen MR) is 133 cm³/mol. The molecule has 206 valence electrons. The maximum Gasteiger partial charge on any atom is 0.416 e. The number of amides is 2. The van der Waals surface area contributed by atoms with Crippen LogP contribution in [-0.2, 0) is 21.0 Å². The molecule has 0 aromatic heterocycles. The highest BCUT2D eigenvalue weighted by molar-refractivity contribution is 7.89. The van der Waals surface area contributed by atoms with Crippen molar-refractivity contribution >= 4 is 21.8 Å². The topological polar surface area (TPSA) is 111 Å². The standard InChI is InChI=1S/C27H27F3N4O4S/c28-27(29,30)21-10-8-19(9-11-21)24(18-6-7-18)32-25(35)23-5-2-12-34(23)26(36)20-3-1-4-22(13-20)39(37,38)33-15-17(14-31)16-33/h1,3-4,8-11,13,17-18,23-24H,2,5-7,12,15-16H2,(H,32,35)/t23-,24-/m1/s1.